The van der Waals surface area contributed by atoms with Gasteiger partial charge in [-0.2, -0.15) is 0 Å². The highest BCUT2D eigenvalue weighted by atomic mass is 35.5. The summed E-state index contributed by atoms with van der Waals surface area (Å²) in [4.78, 5) is 14.4. The Balaban J connectivity index is 1.68. The number of carbonyl (C=O) groups is 1. The van der Waals surface area contributed by atoms with E-state index in [0.717, 1.165) is 17.0 Å². The van der Waals surface area contributed by atoms with Crippen LogP contribution in [-0.2, 0) is 17.9 Å². The molecule has 0 fully saturated rings. The van der Waals surface area contributed by atoms with Gasteiger partial charge in [0.05, 0.1) is 5.75 Å². The minimum Gasteiger partial charge on any atom is -0.338 e. The molecule has 0 bridgehead atoms. The van der Waals surface area contributed by atoms with Gasteiger partial charge in [0.2, 0.25) is 5.91 Å². The van der Waals surface area contributed by atoms with Gasteiger partial charge in [0, 0.05) is 30.2 Å². The summed E-state index contributed by atoms with van der Waals surface area (Å²) in [6, 6.07) is 13.7. The molecule has 3 aromatic rings. The quantitative estimate of drug-likeness (QED) is 0.475. The minimum absolute atomic E-state index is 0.0274. The van der Waals surface area contributed by atoms with E-state index in [1.54, 1.807) is 11.0 Å². The molecule has 0 N–H and O–H groups in total. The molecule has 1 heterocycles. The predicted molar refractivity (Wildman–Crippen MR) is 114 cm³/mol. The van der Waals surface area contributed by atoms with Crippen LogP contribution in [0.3, 0.4) is 0 Å². The van der Waals surface area contributed by atoms with Crippen LogP contribution in [0.1, 0.15) is 19.4 Å². The number of aromatic nitrogens is 3. The first kappa shape index (κ1) is 21.3. The predicted octanol–water partition coefficient (Wildman–Crippen LogP) is 4.90. The number of hydrogen-bond acceptors (Lipinski definition) is 4. The first-order chi connectivity index (χ1) is 14.0. The molecule has 1 aromatic heterocycles. The summed E-state index contributed by atoms with van der Waals surface area (Å²) in [6.07, 6.45) is 0. The highest BCUT2D eigenvalue weighted by molar-refractivity contribution is 7.99. The van der Waals surface area contributed by atoms with Gasteiger partial charge in [-0.3, -0.25) is 4.79 Å². The third kappa shape index (κ3) is 5.36. The number of hydrogen-bond donors (Lipinski definition) is 0. The molecule has 8 heteroatoms. The maximum Gasteiger partial charge on any atom is 0.233 e. The molecule has 0 saturated heterocycles. The van der Waals surface area contributed by atoms with Crippen LogP contribution >= 0.6 is 23.4 Å². The Morgan fingerprint density at radius 3 is 2.59 bits per heavy atom. The van der Waals surface area contributed by atoms with E-state index < -0.39 is 0 Å². The molecule has 0 unspecified atom stereocenters. The van der Waals surface area contributed by atoms with Crippen molar-refractivity contribution in [3.8, 4) is 11.4 Å². The van der Waals surface area contributed by atoms with Crippen LogP contribution in [-0.4, -0.2) is 37.9 Å². The van der Waals surface area contributed by atoms with Crippen molar-refractivity contribution in [2.45, 2.75) is 32.1 Å². The van der Waals surface area contributed by atoms with Gasteiger partial charge in [-0.15, -0.1) is 10.2 Å². The Bertz CT molecular complexity index is 977. The van der Waals surface area contributed by atoms with E-state index in [9.17, 15) is 9.18 Å². The van der Waals surface area contributed by atoms with Crippen LogP contribution < -0.4 is 0 Å². The lowest BCUT2D eigenvalue weighted by atomic mass is 10.2. The fourth-order valence-electron chi connectivity index (χ4n) is 2.94. The maximum absolute atomic E-state index is 13.4. The zero-order valence-corrected chi connectivity index (χ0v) is 17.9. The standard InChI is InChI=1S/C21H22ClFN4OS/c1-3-26(13-15-6-5-7-18(23)12-15)19(28)14-29-21-25-24-20(27(21)4-2)16-8-10-17(22)11-9-16/h5-12H,3-4,13-14H2,1-2H3. The third-order valence-corrected chi connectivity index (χ3v) is 5.66. The van der Waals surface area contributed by atoms with Crippen LogP contribution in [0.25, 0.3) is 11.4 Å². The Kier molecular flexibility index (Phi) is 7.28. The van der Waals surface area contributed by atoms with Crippen molar-refractivity contribution in [3.63, 3.8) is 0 Å². The van der Waals surface area contributed by atoms with Gasteiger partial charge in [-0.05, 0) is 55.8 Å². The maximum atomic E-state index is 13.4. The van der Waals surface area contributed by atoms with E-state index in [-0.39, 0.29) is 17.5 Å². The van der Waals surface area contributed by atoms with Gasteiger partial charge in [-0.1, -0.05) is 35.5 Å². The van der Waals surface area contributed by atoms with Gasteiger partial charge in [0.1, 0.15) is 5.82 Å². The lowest BCUT2D eigenvalue weighted by Crippen LogP contribution is -2.31. The minimum atomic E-state index is -0.300. The van der Waals surface area contributed by atoms with Crippen molar-refractivity contribution in [3.05, 3.63) is 64.9 Å². The molecule has 152 valence electrons. The molecule has 3 rings (SSSR count). The fourth-order valence-corrected chi connectivity index (χ4v) is 3.97. The molecule has 0 aliphatic heterocycles. The molecule has 0 spiro atoms. The molecule has 0 aliphatic carbocycles. The van der Waals surface area contributed by atoms with Crippen molar-refractivity contribution in [1.29, 1.82) is 0 Å². The van der Waals surface area contributed by atoms with Crippen LogP contribution in [0.5, 0.6) is 0 Å². The van der Waals surface area contributed by atoms with E-state index in [1.807, 2.05) is 48.7 Å². The van der Waals surface area contributed by atoms with Gasteiger partial charge in [0.15, 0.2) is 11.0 Å². The van der Waals surface area contributed by atoms with Crippen molar-refractivity contribution in [2.75, 3.05) is 12.3 Å². The number of halogens is 2. The van der Waals surface area contributed by atoms with Crippen LogP contribution in [0, 0.1) is 5.82 Å². The SMILES string of the molecule is CCN(Cc1cccc(F)c1)C(=O)CSc1nnc(-c2ccc(Cl)cc2)n1CC. The summed E-state index contributed by atoms with van der Waals surface area (Å²) in [5.74, 6) is 0.653. The Labute approximate surface area is 178 Å². The number of rotatable bonds is 8. The Hall–Kier alpha value is -2.38. The second-order valence-corrected chi connectivity index (χ2v) is 7.76. The van der Waals surface area contributed by atoms with Gasteiger partial charge in [-0.25, -0.2) is 4.39 Å². The number of nitrogens with zero attached hydrogens (tertiary/aromatic N) is 4. The molecule has 0 saturated carbocycles. The van der Waals surface area contributed by atoms with Crippen molar-refractivity contribution < 1.29 is 9.18 Å². The van der Waals surface area contributed by atoms with E-state index in [1.165, 1.54) is 23.9 Å². The molecular formula is C21H22ClFN4OS. The average molecular weight is 433 g/mol. The third-order valence-electron chi connectivity index (χ3n) is 4.46. The van der Waals surface area contributed by atoms with Crippen LogP contribution in [0.2, 0.25) is 5.02 Å². The zero-order valence-electron chi connectivity index (χ0n) is 16.3. The molecule has 0 radical (unpaired) electrons. The first-order valence-electron chi connectivity index (χ1n) is 9.36. The van der Waals surface area contributed by atoms with Gasteiger partial charge in [0.25, 0.3) is 0 Å². The summed E-state index contributed by atoms with van der Waals surface area (Å²) in [7, 11) is 0. The molecule has 0 aliphatic rings. The number of amides is 1. The lowest BCUT2D eigenvalue weighted by Gasteiger charge is -2.21. The second kappa shape index (κ2) is 9.89. The zero-order chi connectivity index (χ0) is 20.8. The Morgan fingerprint density at radius 1 is 1.17 bits per heavy atom. The summed E-state index contributed by atoms with van der Waals surface area (Å²) in [5, 5.41) is 9.90. The summed E-state index contributed by atoms with van der Waals surface area (Å²) < 4.78 is 15.4. The van der Waals surface area contributed by atoms with Crippen LogP contribution in [0.4, 0.5) is 4.39 Å². The number of carbonyl (C=O) groups excluding carboxylic acids is 1. The van der Waals surface area contributed by atoms with E-state index in [0.29, 0.717) is 29.8 Å². The summed E-state index contributed by atoms with van der Waals surface area (Å²) in [5.41, 5.74) is 1.69. The van der Waals surface area contributed by atoms with E-state index in [2.05, 4.69) is 10.2 Å². The summed E-state index contributed by atoms with van der Waals surface area (Å²) in [6.45, 7) is 5.53. The molecular weight excluding hydrogens is 411 g/mol. The fraction of sp³-hybridized carbons (Fsp3) is 0.286. The normalized spacial score (nSPS) is 10.9. The summed E-state index contributed by atoms with van der Waals surface area (Å²) >= 11 is 7.32. The first-order valence-corrected chi connectivity index (χ1v) is 10.7. The average Bonchev–Trinajstić information content (AvgIpc) is 3.13. The highest BCUT2D eigenvalue weighted by Crippen LogP contribution is 2.25. The van der Waals surface area contributed by atoms with E-state index in [4.69, 9.17) is 11.6 Å². The van der Waals surface area contributed by atoms with Gasteiger partial charge < -0.3 is 9.47 Å². The molecule has 0 atom stereocenters. The smallest absolute Gasteiger partial charge is 0.233 e. The Morgan fingerprint density at radius 2 is 1.93 bits per heavy atom. The van der Waals surface area contributed by atoms with Crippen LogP contribution in [0.15, 0.2) is 53.7 Å². The molecule has 2 aromatic carbocycles. The largest absolute Gasteiger partial charge is 0.338 e. The number of thioether (sulfide) groups is 1. The molecule has 5 nitrogen and oxygen atoms in total. The van der Waals surface area contributed by atoms with E-state index >= 15 is 0 Å². The van der Waals surface area contributed by atoms with Crippen molar-refractivity contribution >= 4 is 29.3 Å². The van der Waals surface area contributed by atoms with Crippen molar-refractivity contribution in [1.82, 2.24) is 19.7 Å². The second-order valence-electron chi connectivity index (χ2n) is 6.38. The van der Waals surface area contributed by atoms with Crippen molar-refractivity contribution in [2.24, 2.45) is 0 Å². The topological polar surface area (TPSA) is 51.0 Å². The highest BCUT2D eigenvalue weighted by Gasteiger charge is 2.17. The lowest BCUT2D eigenvalue weighted by molar-refractivity contribution is -0.128. The molecule has 1 amide bonds. The van der Waals surface area contributed by atoms with Gasteiger partial charge >= 0.3 is 0 Å². The molecule has 29 heavy (non-hydrogen) atoms. The number of benzene rings is 2. The monoisotopic (exact) mass is 432 g/mol.